The van der Waals surface area contributed by atoms with E-state index in [-0.39, 0.29) is 30.0 Å². The molecule has 2 N–H and O–H groups in total. The van der Waals surface area contributed by atoms with Gasteiger partial charge in [-0.2, -0.15) is 0 Å². The summed E-state index contributed by atoms with van der Waals surface area (Å²) in [4.78, 5) is 11.9. The third kappa shape index (κ3) is 5.64. The standard InChI is InChI=1S/C19H20F2N2O5S/c20-13-4-6-16(15(21)11-13)23-19(24)3-1-8-22-29(25,26)14-5-7-17-18(12-14)28-10-2-9-27-17/h4-7,11-12,22H,1-3,8-10H2,(H,23,24). The number of nitrogens with one attached hydrogen (secondary N) is 2. The van der Waals surface area contributed by atoms with Gasteiger partial charge < -0.3 is 14.8 Å². The summed E-state index contributed by atoms with van der Waals surface area (Å²) < 4.78 is 64.6. The highest BCUT2D eigenvalue weighted by Gasteiger charge is 2.18. The van der Waals surface area contributed by atoms with Crippen LogP contribution in [0.5, 0.6) is 11.5 Å². The molecule has 0 bridgehead atoms. The van der Waals surface area contributed by atoms with Crippen LogP contribution in [0.1, 0.15) is 19.3 Å². The SMILES string of the molecule is O=C(CCCNS(=O)(=O)c1ccc2c(c1)OCCCO2)Nc1ccc(F)cc1F. The first-order valence-electron chi connectivity index (χ1n) is 8.99. The fourth-order valence-electron chi connectivity index (χ4n) is 2.65. The Morgan fingerprint density at radius 1 is 1.03 bits per heavy atom. The number of hydrogen-bond donors (Lipinski definition) is 2. The molecule has 0 spiro atoms. The Kier molecular flexibility index (Phi) is 6.65. The van der Waals surface area contributed by atoms with E-state index in [1.807, 2.05) is 0 Å². The van der Waals surface area contributed by atoms with Crippen LogP contribution in [0.3, 0.4) is 0 Å². The van der Waals surface area contributed by atoms with Crippen LogP contribution in [0.15, 0.2) is 41.3 Å². The van der Waals surface area contributed by atoms with Gasteiger partial charge in [0, 0.05) is 31.5 Å². The minimum atomic E-state index is -3.79. The summed E-state index contributed by atoms with van der Waals surface area (Å²) in [7, 11) is -3.79. The molecule has 3 rings (SSSR count). The molecular weight excluding hydrogens is 406 g/mol. The highest BCUT2D eigenvalue weighted by molar-refractivity contribution is 7.89. The van der Waals surface area contributed by atoms with Gasteiger partial charge >= 0.3 is 0 Å². The smallest absolute Gasteiger partial charge is 0.240 e. The first-order valence-corrected chi connectivity index (χ1v) is 10.5. The van der Waals surface area contributed by atoms with Crippen LogP contribution in [0.4, 0.5) is 14.5 Å². The number of halogens is 2. The van der Waals surface area contributed by atoms with Crippen molar-refractivity contribution < 1.29 is 31.5 Å². The Hall–Kier alpha value is -2.72. The number of ether oxygens (including phenoxy) is 2. The molecule has 10 heteroatoms. The molecule has 0 saturated heterocycles. The second-order valence-corrected chi connectivity index (χ2v) is 8.10. The van der Waals surface area contributed by atoms with Crippen molar-refractivity contribution in [2.75, 3.05) is 25.1 Å². The fourth-order valence-corrected chi connectivity index (χ4v) is 3.74. The zero-order chi connectivity index (χ0) is 20.9. The van der Waals surface area contributed by atoms with Gasteiger partial charge in [-0.3, -0.25) is 4.79 Å². The summed E-state index contributed by atoms with van der Waals surface area (Å²) in [6.45, 7) is 0.949. The van der Waals surface area contributed by atoms with Gasteiger partial charge in [0.1, 0.15) is 11.6 Å². The quantitative estimate of drug-likeness (QED) is 0.664. The monoisotopic (exact) mass is 426 g/mol. The third-order valence-electron chi connectivity index (χ3n) is 4.11. The Morgan fingerprint density at radius 3 is 2.55 bits per heavy atom. The van der Waals surface area contributed by atoms with E-state index in [0.717, 1.165) is 12.1 Å². The maximum Gasteiger partial charge on any atom is 0.240 e. The Labute approximate surface area is 167 Å². The number of anilines is 1. The van der Waals surface area contributed by atoms with Crippen molar-refractivity contribution in [3.63, 3.8) is 0 Å². The van der Waals surface area contributed by atoms with E-state index in [1.165, 1.54) is 12.1 Å². The second kappa shape index (κ2) is 9.19. The molecule has 0 aromatic heterocycles. The van der Waals surface area contributed by atoms with E-state index in [9.17, 15) is 22.0 Å². The average molecular weight is 426 g/mol. The third-order valence-corrected chi connectivity index (χ3v) is 5.57. The van der Waals surface area contributed by atoms with Crippen molar-refractivity contribution in [3.05, 3.63) is 48.0 Å². The van der Waals surface area contributed by atoms with E-state index in [4.69, 9.17) is 9.47 Å². The lowest BCUT2D eigenvalue weighted by molar-refractivity contribution is -0.116. The molecule has 0 fully saturated rings. The largest absolute Gasteiger partial charge is 0.490 e. The van der Waals surface area contributed by atoms with E-state index >= 15 is 0 Å². The van der Waals surface area contributed by atoms with Crippen LogP contribution >= 0.6 is 0 Å². The highest BCUT2D eigenvalue weighted by Crippen LogP contribution is 2.31. The molecular formula is C19H20F2N2O5S. The summed E-state index contributed by atoms with van der Waals surface area (Å²) in [6.07, 6.45) is 0.859. The Balaban J connectivity index is 1.50. The lowest BCUT2D eigenvalue weighted by atomic mass is 10.2. The van der Waals surface area contributed by atoms with Crippen LogP contribution in [0.2, 0.25) is 0 Å². The minimum absolute atomic E-state index is 0.0100. The zero-order valence-corrected chi connectivity index (χ0v) is 16.2. The van der Waals surface area contributed by atoms with Crippen molar-refractivity contribution in [1.29, 1.82) is 0 Å². The highest BCUT2D eigenvalue weighted by atomic mass is 32.2. The van der Waals surface area contributed by atoms with E-state index in [2.05, 4.69) is 10.0 Å². The first kappa shape index (κ1) is 21.0. The minimum Gasteiger partial charge on any atom is -0.490 e. The summed E-state index contributed by atoms with van der Waals surface area (Å²) in [5.41, 5.74) is -0.135. The van der Waals surface area contributed by atoms with Crippen molar-refractivity contribution in [1.82, 2.24) is 4.72 Å². The number of carbonyl (C=O) groups excluding carboxylic acids is 1. The molecule has 1 heterocycles. The molecule has 0 unspecified atom stereocenters. The molecule has 156 valence electrons. The van der Waals surface area contributed by atoms with Crippen molar-refractivity contribution in [2.45, 2.75) is 24.2 Å². The van der Waals surface area contributed by atoms with E-state index < -0.39 is 27.6 Å². The number of amides is 1. The van der Waals surface area contributed by atoms with Crippen molar-refractivity contribution >= 4 is 21.6 Å². The maximum atomic E-state index is 13.5. The van der Waals surface area contributed by atoms with Gasteiger partial charge in [0.2, 0.25) is 15.9 Å². The first-order chi connectivity index (χ1) is 13.8. The lowest BCUT2D eigenvalue weighted by Crippen LogP contribution is -2.26. The second-order valence-electron chi connectivity index (χ2n) is 6.33. The average Bonchev–Trinajstić information content (AvgIpc) is 2.92. The Morgan fingerprint density at radius 2 is 1.79 bits per heavy atom. The normalized spacial score (nSPS) is 13.6. The van der Waals surface area contributed by atoms with Gasteiger partial charge in [-0.15, -0.1) is 0 Å². The van der Waals surface area contributed by atoms with Crippen LogP contribution < -0.4 is 19.5 Å². The Bertz CT molecular complexity index is 998. The van der Waals surface area contributed by atoms with Gasteiger partial charge in [0.05, 0.1) is 23.8 Å². The fraction of sp³-hybridized carbons (Fsp3) is 0.316. The molecule has 0 radical (unpaired) electrons. The molecule has 0 saturated carbocycles. The van der Waals surface area contributed by atoms with Gasteiger partial charge in [-0.05, 0) is 30.7 Å². The van der Waals surface area contributed by atoms with Crippen LogP contribution in [-0.2, 0) is 14.8 Å². The van der Waals surface area contributed by atoms with Crippen LogP contribution in [0, 0.1) is 11.6 Å². The summed E-state index contributed by atoms with van der Waals surface area (Å²) in [6, 6.07) is 7.17. The molecule has 1 aliphatic rings. The number of benzene rings is 2. The summed E-state index contributed by atoms with van der Waals surface area (Å²) in [5, 5.41) is 2.32. The molecule has 0 atom stereocenters. The van der Waals surface area contributed by atoms with Gasteiger partial charge in [-0.1, -0.05) is 0 Å². The topological polar surface area (TPSA) is 93.7 Å². The summed E-state index contributed by atoms with van der Waals surface area (Å²) in [5.74, 6) is -1.28. The molecule has 2 aromatic rings. The van der Waals surface area contributed by atoms with Gasteiger partial charge in [-0.25, -0.2) is 21.9 Å². The zero-order valence-electron chi connectivity index (χ0n) is 15.4. The van der Waals surface area contributed by atoms with Crippen molar-refractivity contribution in [3.8, 4) is 11.5 Å². The molecule has 1 aliphatic heterocycles. The van der Waals surface area contributed by atoms with Gasteiger partial charge in [0.25, 0.3) is 0 Å². The van der Waals surface area contributed by atoms with Crippen molar-refractivity contribution in [2.24, 2.45) is 0 Å². The van der Waals surface area contributed by atoms with Crippen LogP contribution in [-0.4, -0.2) is 34.1 Å². The molecule has 1 amide bonds. The van der Waals surface area contributed by atoms with E-state index in [1.54, 1.807) is 6.07 Å². The number of rotatable bonds is 7. The number of fused-ring (bicyclic) bond motifs is 1. The predicted molar refractivity (Wildman–Crippen MR) is 101 cm³/mol. The molecule has 29 heavy (non-hydrogen) atoms. The summed E-state index contributed by atoms with van der Waals surface area (Å²) >= 11 is 0. The maximum absolute atomic E-state index is 13.5. The molecule has 0 aliphatic carbocycles. The number of hydrogen-bond acceptors (Lipinski definition) is 5. The predicted octanol–water partition coefficient (Wildman–Crippen LogP) is 2.82. The van der Waals surface area contributed by atoms with Gasteiger partial charge in [0.15, 0.2) is 11.5 Å². The molecule has 7 nitrogen and oxygen atoms in total. The van der Waals surface area contributed by atoms with Crippen LogP contribution in [0.25, 0.3) is 0 Å². The molecule has 2 aromatic carbocycles. The number of carbonyl (C=O) groups is 1. The lowest BCUT2D eigenvalue weighted by Gasteiger charge is -2.11. The van der Waals surface area contributed by atoms with E-state index in [0.29, 0.717) is 37.2 Å². The number of sulfonamides is 1.